The first-order valence-corrected chi connectivity index (χ1v) is 6.26. The van der Waals surface area contributed by atoms with E-state index in [1.54, 1.807) is 0 Å². The van der Waals surface area contributed by atoms with Gasteiger partial charge < -0.3 is 9.31 Å². The van der Waals surface area contributed by atoms with Gasteiger partial charge in [0.2, 0.25) is 0 Å². The van der Waals surface area contributed by atoms with Crippen LogP contribution in [0.3, 0.4) is 0 Å². The van der Waals surface area contributed by atoms with E-state index in [9.17, 15) is 4.39 Å². The van der Waals surface area contributed by atoms with Crippen LogP contribution in [0.15, 0.2) is 12.1 Å². The van der Waals surface area contributed by atoms with Crippen LogP contribution in [0, 0.1) is 19.7 Å². The predicted octanol–water partition coefficient (Wildman–Crippen LogP) is 2.74. The summed E-state index contributed by atoms with van der Waals surface area (Å²) in [5, 5.41) is 0. The van der Waals surface area contributed by atoms with E-state index in [1.165, 1.54) is 6.07 Å². The van der Waals surface area contributed by atoms with Crippen molar-refractivity contribution in [3.63, 3.8) is 0 Å². The summed E-state index contributed by atoms with van der Waals surface area (Å²) >= 11 is 0. The molecule has 4 heteroatoms. The molecule has 18 heavy (non-hydrogen) atoms. The summed E-state index contributed by atoms with van der Waals surface area (Å²) in [6.07, 6.45) is 0. The third-order valence-corrected chi connectivity index (χ3v) is 3.97. The van der Waals surface area contributed by atoms with Crippen LogP contribution in [0.2, 0.25) is 0 Å². The van der Waals surface area contributed by atoms with Gasteiger partial charge >= 0.3 is 7.12 Å². The minimum Gasteiger partial charge on any atom is -0.399 e. The maximum atomic E-state index is 14.1. The highest BCUT2D eigenvalue weighted by molar-refractivity contribution is 6.62. The van der Waals surface area contributed by atoms with Crippen molar-refractivity contribution in [2.45, 2.75) is 52.7 Å². The SMILES string of the molecule is Cc1cc(C)c(B2OC(C)(C)C(C)(C)O2)c(F)c1. The van der Waals surface area contributed by atoms with Gasteiger partial charge in [-0.15, -0.1) is 0 Å². The first kappa shape index (κ1) is 13.6. The summed E-state index contributed by atoms with van der Waals surface area (Å²) in [7, 11) is -0.629. The zero-order valence-electron chi connectivity index (χ0n) is 11.9. The van der Waals surface area contributed by atoms with Crippen molar-refractivity contribution in [3.05, 3.63) is 29.1 Å². The van der Waals surface area contributed by atoms with Crippen molar-refractivity contribution in [3.8, 4) is 0 Å². The summed E-state index contributed by atoms with van der Waals surface area (Å²) in [6, 6.07) is 3.47. The van der Waals surface area contributed by atoms with Gasteiger partial charge in [-0.1, -0.05) is 6.07 Å². The Hall–Kier alpha value is -0.865. The lowest BCUT2D eigenvalue weighted by atomic mass is 9.75. The van der Waals surface area contributed by atoms with Crippen LogP contribution >= 0.6 is 0 Å². The number of hydrogen-bond acceptors (Lipinski definition) is 2. The lowest BCUT2D eigenvalue weighted by Crippen LogP contribution is -2.41. The molecule has 0 radical (unpaired) electrons. The second-order valence-electron chi connectivity index (χ2n) is 6.07. The van der Waals surface area contributed by atoms with E-state index in [2.05, 4.69) is 0 Å². The monoisotopic (exact) mass is 250 g/mol. The van der Waals surface area contributed by atoms with E-state index in [1.807, 2.05) is 47.6 Å². The Kier molecular flexibility index (Phi) is 3.07. The molecule has 0 aliphatic carbocycles. The maximum absolute atomic E-state index is 14.1. The van der Waals surface area contributed by atoms with E-state index in [-0.39, 0.29) is 5.82 Å². The molecule has 0 bridgehead atoms. The Morgan fingerprint density at radius 2 is 1.50 bits per heavy atom. The fraction of sp³-hybridized carbons (Fsp3) is 0.571. The Bertz CT molecular complexity index is 444. The molecule has 1 fully saturated rings. The van der Waals surface area contributed by atoms with E-state index < -0.39 is 18.3 Å². The Morgan fingerprint density at radius 3 is 1.94 bits per heavy atom. The summed E-state index contributed by atoms with van der Waals surface area (Å²) < 4.78 is 25.9. The van der Waals surface area contributed by atoms with Crippen molar-refractivity contribution < 1.29 is 13.7 Å². The molecular formula is C14H20BFO2. The Morgan fingerprint density at radius 1 is 1.00 bits per heavy atom. The minimum absolute atomic E-state index is 0.258. The molecule has 0 aromatic heterocycles. The van der Waals surface area contributed by atoms with Crippen LogP contribution in [0.1, 0.15) is 38.8 Å². The molecule has 2 rings (SSSR count). The molecule has 0 saturated carbocycles. The van der Waals surface area contributed by atoms with Crippen LogP contribution in [0.4, 0.5) is 4.39 Å². The molecule has 98 valence electrons. The van der Waals surface area contributed by atoms with Crippen molar-refractivity contribution in [2.75, 3.05) is 0 Å². The lowest BCUT2D eigenvalue weighted by molar-refractivity contribution is 0.00578. The number of hydrogen-bond donors (Lipinski definition) is 0. The van der Waals surface area contributed by atoms with Crippen LogP contribution in [-0.2, 0) is 9.31 Å². The molecule has 0 unspecified atom stereocenters. The number of aryl methyl sites for hydroxylation is 2. The number of rotatable bonds is 1. The standard InChI is InChI=1S/C14H20BFO2/c1-9-7-10(2)12(11(16)8-9)15-17-13(3,4)14(5,6)18-15/h7-8H,1-6H3. The molecule has 1 aliphatic heterocycles. The topological polar surface area (TPSA) is 18.5 Å². The molecule has 0 atom stereocenters. The van der Waals surface area contributed by atoms with Gasteiger partial charge in [-0.3, -0.25) is 0 Å². The molecule has 1 heterocycles. The van der Waals surface area contributed by atoms with Crippen LogP contribution in [-0.4, -0.2) is 18.3 Å². The highest BCUT2D eigenvalue weighted by Crippen LogP contribution is 2.36. The lowest BCUT2D eigenvalue weighted by Gasteiger charge is -2.32. The van der Waals surface area contributed by atoms with Gasteiger partial charge in [0.1, 0.15) is 5.82 Å². The third-order valence-electron chi connectivity index (χ3n) is 3.97. The van der Waals surface area contributed by atoms with E-state index in [0.717, 1.165) is 11.1 Å². The third kappa shape index (κ3) is 2.08. The maximum Gasteiger partial charge on any atom is 0.498 e. The molecule has 0 amide bonds. The first-order chi connectivity index (χ1) is 8.14. The van der Waals surface area contributed by atoms with Crippen LogP contribution in [0.5, 0.6) is 0 Å². The van der Waals surface area contributed by atoms with Gasteiger partial charge in [0.15, 0.2) is 0 Å². The summed E-state index contributed by atoms with van der Waals surface area (Å²) in [4.78, 5) is 0. The fourth-order valence-electron chi connectivity index (χ4n) is 2.19. The van der Waals surface area contributed by atoms with Gasteiger partial charge in [0.25, 0.3) is 0 Å². The second kappa shape index (κ2) is 4.07. The fourth-order valence-corrected chi connectivity index (χ4v) is 2.19. The first-order valence-electron chi connectivity index (χ1n) is 6.26. The van der Waals surface area contributed by atoms with Gasteiger partial charge in [-0.05, 0) is 58.7 Å². The molecule has 0 spiro atoms. The van der Waals surface area contributed by atoms with Gasteiger partial charge in [-0.25, -0.2) is 4.39 Å². The predicted molar refractivity (Wildman–Crippen MR) is 71.6 cm³/mol. The highest BCUT2D eigenvalue weighted by Gasteiger charge is 2.52. The van der Waals surface area contributed by atoms with Crippen molar-refractivity contribution in [1.29, 1.82) is 0 Å². The molecule has 1 aromatic rings. The average molecular weight is 250 g/mol. The molecule has 1 aromatic carbocycles. The largest absolute Gasteiger partial charge is 0.498 e. The Labute approximate surface area is 109 Å². The summed E-state index contributed by atoms with van der Waals surface area (Å²) in [6.45, 7) is 11.6. The normalized spacial score (nSPS) is 21.4. The number of halogens is 1. The van der Waals surface area contributed by atoms with Crippen LogP contribution in [0.25, 0.3) is 0 Å². The average Bonchev–Trinajstić information content (AvgIpc) is 2.32. The zero-order valence-corrected chi connectivity index (χ0v) is 11.9. The summed E-state index contributed by atoms with van der Waals surface area (Å²) in [5.74, 6) is -0.258. The van der Waals surface area contributed by atoms with E-state index in [4.69, 9.17) is 9.31 Å². The minimum atomic E-state index is -0.629. The van der Waals surface area contributed by atoms with Gasteiger partial charge in [0.05, 0.1) is 11.2 Å². The van der Waals surface area contributed by atoms with Crippen molar-refractivity contribution in [1.82, 2.24) is 0 Å². The second-order valence-corrected chi connectivity index (χ2v) is 6.07. The van der Waals surface area contributed by atoms with Crippen molar-refractivity contribution >= 4 is 12.6 Å². The molecule has 1 saturated heterocycles. The Balaban J connectivity index is 2.42. The highest BCUT2D eigenvalue weighted by atomic mass is 19.1. The van der Waals surface area contributed by atoms with Crippen molar-refractivity contribution in [2.24, 2.45) is 0 Å². The molecular weight excluding hydrogens is 230 g/mol. The summed E-state index contributed by atoms with van der Waals surface area (Å²) in [5.41, 5.74) is 1.40. The molecule has 1 aliphatic rings. The molecule has 0 N–H and O–H groups in total. The van der Waals surface area contributed by atoms with E-state index >= 15 is 0 Å². The number of benzene rings is 1. The zero-order chi connectivity index (χ0) is 13.7. The van der Waals surface area contributed by atoms with Gasteiger partial charge in [-0.2, -0.15) is 0 Å². The molecule has 2 nitrogen and oxygen atoms in total. The van der Waals surface area contributed by atoms with E-state index in [0.29, 0.717) is 5.46 Å². The van der Waals surface area contributed by atoms with Crippen LogP contribution < -0.4 is 5.46 Å². The smallest absolute Gasteiger partial charge is 0.399 e. The quantitative estimate of drug-likeness (QED) is 0.713. The van der Waals surface area contributed by atoms with Gasteiger partial charge in [0, 0.05) is 5.46 Å².